The van der Waals surface area contributed by atoms with Gasteiger partial charge in [0.1, 0.15) is 0 Å². The monoisotopic (exact) mass is 275 g/mol. The van der Waals surface area contributed by atoms with E-state index in [9.17, 15) is 4.79 Å². The molecule has 1 fully saturated rings. The molecule has 0 saturated heterocycles. The van der Waals surface area contributed by atoms with E-state index in [1.165, 1.54) is 0 Å². The number of amides is 1. The lowest BCUT2D eigenvalue weighted by Crippen LogP contribution is -2.35. The molecule has 110 valence electrons. The number of nitrogens with zero attached hydrogens (tertiary/aromatic N) is 1. The van der Waals surface area contributed by atoms with Crippen LogP contribution >= 0.6 is 0 Å². The fraction of sp³-hybridized carbons (Fsp3) is 0.625. The Morgan fingerprint density at radius 2 is 2.00 bits per heavy atom. The van der Waals surface area contributed by atoms with Gasteiger partial charge in [0, 0.05) is 30.0 Å². The minimum absolute atomic E-state index is 0.133. The molecule has 0 unspecified atom stereocenters. The Bertz CT molecular complexity index is 413. The van der Waals surface area contributed by atoms with Crippen LogP contribution in [0.2, 0.25) is 0 Å². The molecule has 1 aliphatic rings. The number of carbonyl (C=O) groups is 1. The van der Waals surface area contributed by atoms with Gasteiger partial charge in [0.25, 0.3) is 0 Å². The zero-order chi connectivity index (χ0) is 14.4. The molecular weight excluding hydrogens is 250 g/mol. The van der Waals surface area contributed by atoms with Crippen LogP contribution in [0.15, 0.2) is 24.5 Å². The van der Waals surface area contributed by atoms with Gasteiger partial charge in [-0.25, -0.2) is 0 Å². The highest BCUT2D eigenvalue weighted by Gasteiger charge is 2.28. The van der Waals surface area contributed by atoms with Crippen molar-refractivity contribution >= 4 is 11.6 Å². The molecule has 0 bridgehead atoms. The van der Waals surface area contributed by atoms with Crippen molar-refractivity contribution < 1.29 is 4.79 Å². The maximum Gasteiger partial charge on any atom is 0.227 e. The van der Waals surface area contributed by atoms with Gasteiger partial charge in [-0.05, 0) is 50.2 Å². The summed E-state index contributed by atoms with van der Waals surface area (Å²) >= 11 is 0. The Balaban J connectivity index is 1.80. The van der Waals surface area contributed by atoms with Crippen LogP contribution in [-0.4, -0.2) is 16.9 Å². The largest absolute Gasteiger partial charge is 0.327 e. The highest BCUT2D eigenvalue weighted by molar-refractivity contribution is 5.92. The van der Waals surface area contributed by atoms with Gasteiger partial charge in [-0.3, -0.25) is 9.78 Å². The summed E-state index contributed by atoms with van der Waals surface area (Å²) in [5.41, 5.74) is 7.03. The van der Waals surface area contributed by atoms with Crippen LogP contribution < -0.4 is 11.1 Å². The van der Waals surface area contributed by atoms with Gasteiger partial charge in [-0.2, -0.15) is 0 Å². The van der Waals surface area contributed by atoms with Crippen molar-refractivity contribution in [1.82, 2.24) is 4.98 Å². The number of pyridine rings is 1. The fourth-order valence-corrected chi connectivity index (χ4v) is 3.06. The Kier molecular flexibility index (Phi) is 5.53. The third kappa shape index (κ3) is 4.04. The first-order valence-electron chi connectivity index (χ1n) is 7.67. The molecule has 4 heteroatoms. The average Bonchev–Trinajstić information content (AvgIpc) is 2.48. The van der Waals surface area contributed by atoms with Crippen molar-refractivity contribution in [2.45, 2.75) is 51.5 Å². The minimum Gasteiger partial charge on any atom is -0.327 e. The normalized spacial score (nSPS) is 24.1. The van der Waals surface area contributed by atoms with E-state index < -0.39 is 0 Å². The zero-order valence-corrected chi connectivity index (χ0v) is 12.2. The number of hydrogen-bond donors (Lipinski definition) is 2. The van der Waals surface area contributed by atoms with Crippen molar-refractivity contribution in [1.29, 1.82) is 0 Å². The highest BCUT2D eigenvalue weighted by Crippen LogP contribution is 2.32. The molecule has 1 aromatic heterocycles. The Labute approximate surface area is 121 Å². The number of carbonyl (C=O) groups excluding carboxylic acids is 1. The van der Waals surface area contributed by atoms with E-state index in [4.69, 9.17) is 5.73 Å². The van der Waals surface area contributed by atoms with Crippen molar-refractivity contribution in [3.05, 3.63) is 24.5 Å². The first-order chi connectivity index (χ1) is 9.70. The Morgan fingerprint density at radius 3 is 2.60 bits per heavy atom. The molecule has 0 spiro atoms. The molecule has 2 rings (SSSR count). The van der Waals surface area contributed by atoms with Crippen LogP contribution in [0.5, 0.6) is 0 Å². The van der Waals surface area contributed by atoms with Crippen LogP contribution in [0.3, 0.4) is 0 Å². The van der Waals surface area contributed by atoms with Crippen molar-refractivity contribution in [2.24, 2.45) is 17.6 Å². The standard InChI is InChI=1S/C16H25N3O/c1-2-3-15(17)12-4-6-13(7-5-12)16(20)19-14-8-10-18-11-9-14/h8-13,15H,2-7,17H2,1H3,(H,18,19,20)/t12?,13?,15-/m1/s1. The Hall–Kier alpha value is -1.42. The summed E-state index contributed by atoms with van der Waals surface area (Å²) in [7, 11) is 0. The fourth-order valence-electron chi connectivity index (χ4n) is 3.06. The molecule has 0 aliphatic heterocycles. The Morgan fingerprint density at radius 1 is 1.35 bits per heavy atom. The molecule has 4 nitrogen and oxygen atoms in total. The lowest BCUT2D eigenvalue weighted by molar-refractivity contribution is -0.121. The summed E-state index contributed by atoms with van der Waals surface area (Å²) in [4.78, 5) is 16.2. The molecule has 20 heavy (non-hydrogen) atoms. The molecule has 1 atom stereocenters. The first-order valence-corrected chi connectivity index (χ1v) is 7.67. The van der Waals surface area contributed by atoms with Gasteiger partial charge < -0.3 is 11.1 Å². The summed E-state index contributed by atoms with van der Waals surface area (Å²) in [6.07, 6.45) is 9.69. The van der Waals surface area contributed by atoms with E-state index in [1.54, 1.807) is 12.4 Å². The van der Waals surface area contributed by atoms with Crippen molar-refractivity contribution in [2.75, 3.05) is 5.32 Å². The molecule has 3 N–H and O–H groups in total. The van der Waals surface area contributed by atoms with Crippen LogP contribution in [0.1, 0.15) is 45.4 Å². The first kappa shape index (κ1) is 15.0. The van der Waals surface area contributed by atoms with Gasteiger partial charge >= 0.3 is 0 Å². The van der Waals surface area contributed by atoms with Gasteiger partial charge in [-0.1, -0.05) is 13.3 Å². The predicted molar refractivity (Wildman–Crippen MR) is 81.2 cm³/mol. The van der Waals surface area contributed by atoms with E-state index in [1.807, 2.05) is 12.1 Å². The summed E-state index contributed by atoms with van der Waals surface area (Å²) < 4.78 is 0. The van der Waals surface area contributed by atoms with Crippen LogP contribution in [0.4, 0.5) is 5.69 Å². The minimum atomic E-state index is 0.133. The second kappa shape index (κ2) is 7.39. The van der Waals surface area contributed by atoms with Gasteiger partial charge in [0.15, 0.2) is 0 Å². The molecule has 0 aromatic carbocycles. The second-order valence-electron chi connectivity index (χ2n) is 5.79. The van der Waals surface area contributed by atoms with E-state index in [-0.39, 0.29) is 11.8 Å². The SMILES string of the molecule is CCC[C@@H](N)C1CCC(C(=O)Nc2ccncc2)CC1. The third-order valence-corrected chi connectivity index (χ3v) is 4.32. The van der Waals surface area contributed by atoms with Crippen LogP contribution in [0, 0.1) is 11.8 Å². The smallest absolute Gasteiger partial charge is 0.227 e. The van der Waals surface area contributed by atoms with E-state index >= 15 is 0 Å². The third-order valence-electron chi connectivity index (χ3n) is 4.32. The van der Waals surface area contributed by atoms with Crippen molar-refractivity contribution in [3.8, 4) is 0 Å². The number of nitrogens with one attached hydrogen (secondary N) is 1. The molecule has 1 aromatic rings. The highest BCUT2D eigenvalue weighted by atomic mass is 16.1. The van der Waals surface area contributed by atoms with Crippen molar-refractivity contribution in [3.63, 3.8) is 0 Å². The summed E-state index contributed by atoms with van der Waals surface area (Å²) in [6.45, 7) is 2.17. The van der Waals surface area contributed by atoms with E-state index in [0.717, 1.165) is 44.2 Å². The number of hydrogen-bond acceptors (Lipinski definition) is 3. The molecule has 1 heterocycles. The summed E-state index contributed by atoms with van der Waals surface area (Å²) in [5.74, 6) is 0.867. The van der Waals surface area contributed by atoms with E-state index in [2.05, 4.69) is 17.2 Å². The topological polar surface area (TPSA) is 68.0 Å². The molecule has 1 saturated carbocycles. The number of nitrogens with two attached hydrogens (primary N) is 1. The van der Waals surface area contributed by atoms with Crippen LogP contribution in [-0.2, 0) is 4.79 Å². The maximum atomic E-state index is 12.2. The molecule has 0 radical (unpaired) electrons. The number of anilines is 1. The zero-order valence-electron chi connectivity index (χ0n) is 12.2. The second-order valence-corrected chi connectivity index (χ2v) is 5.79. The number of rotatable bonds is 5. The summed E-state index contributed by atoms with van der Waals surface area (Å²) in [6, 6.07) is 3.95. The van der Waals surface area contributed by atoms with E-state index in [0.29, 0.717) is 12.0 Å². The predicted octanol–water partition coefficient (Wildman–Crippen LogP) is 2.95. The van der Waals surface area contributed by atoms with Gasteiger partial charge in [-0.15, -0.1) is 0 Å². The van der Waals surface area contributed by atoms with Crippen LogP contribution in [0.25, 0.3) is 0 Å². The summed E-state index contributed by atoms with van der Waals surface area (Å²) in [5, 5.41) is 2.97. The lowest BCUT2D eigenvalue weighted by Gasteiger charge is -2.31. The number of aromatic nitrogens is 1. The average molecular weight is 275 g/mol. The van der Waals surface area contributed by atoms with Gasteiger partial charge in [0.2, 0.25) is 5.91 Å². The molecule has 1 aliphatic carbocycles. The quantitative estimate of drug-likeness (QED) is 0.868. The lowest BCUT2D eigenvalue weighted by atomic mass is 9.77. The van der Waals surface area contributed by atoms with Gasteiger partial charge in [0.05, 0.1) is 0 Å². The maximum absolute atomic E-state index is 12.2. The molecule has 1 amide bonds. The molecular formula is C16H25N3O.